The Labute approximate surface area is 169 Å². The van der Waals surface area contributed by atoms with E-state index in [0.717, 1.165) is 11.3 Å². The summed E-state index contributed by atoms with van der Waals surface area (Å²) in [5, 5.41) is -0.551. The highest BCUT2D eigenvalue weighted by Gasteiger charge is 2.16. The molecular weight excluding hydrogens is 380 g/mol. The predicted molar refractivity (Wildman–Crippen MR) is 110 cm³/mol. The quantitative estimate of drug-likeness (QED) is 0.487. The Morgan fingerprint density at radius 3 is 2.61 bits per heavy atom. The van der Waals surface area contributed by atoms with Crippen molar-refractivity contribution < 1.29 is 19.1 Å². The van der Waals surface area contributed by atoms with Crippen molar-refractivity contribution >= 4 is 28.4 Å². The molecule has 0 saturated heterocycles. The van der Waals surface area contributed by atoms with Gasteiger partial charge in [0, 0.05) is 24.7 Å². The number of hydrogen-bond acceptors (Lipinski definition) is 5. The Balaban J connectivity index is 2.18. The van der Waals surface area contributed by atoms with Gasteiger partial charge >= 0.3 is 0 Å². The lowest BCUT2D eigenvalue weighted by molar-refractivity contribution is -0.118. The first-order valence-electron chi connectivity index (χ1n) is 8.75. The Morgan fingerprint density at radius 2 is 1.89 bits per heavy atom. The molecule has 1 amide bonds. The van der Waals surface area contributed by atoms with Crippen LogP contribution in [0.25, 0.3) is 0 Å². The van der Waals surface area contributed by atoms with Gasteiger partial charge in [-0.1, -0.05) is 18.2 Å². The van der Waals surface area contributed by atoms with Crippen molar-refractivity contribution in [2.24, 2.45) is 5.73 Å². The summed E-state index contributed by atoms with van der Waals surface area (Å²) >= 11 is 5.24. The van der Waals surface area contributed by atoms with E-state index in [9.17, 15) is 9.59 Å². The molecule has 0 saturated carbocycles. The average molecular weight is 403 g/mol. The van der Waals surface area contributed by atoms with Gasteiger partial charge in [-0.05, 0) is 53.6 Å². The molecule has 2 aromatic carbocycles. The molecule has 7 heteroatoms. The number of halogens is 1. The number of hydrogen-bond donors (Lipinski definition) is 1. The highest BCUT2D eigenvalue weighted by Crippen LogP contribution is 2.24. The lowest BCUT2D eigenvalue weighted by Gasteiger charge is -2.23. The summed E-state index contributed by atoms with van der Waals surface area (Å²) in [6.07, 6.45) is 3.02. The topological polar surface area (TPSA) is 81.9 Å². The van der Waals surface area contributed by atoms with Crippen LogP contribution in [-0.2, 0) is 16.1 Å². The third-order valence-electron chi connectivity index (χ3n) is 3.86. The molecule has 0 aliphatic rings. The third kappa shape index (κ3) is 6.72. The number of allylic oxidation sites excluding steroid dienone is 1. The van der Waals surface area contributed by atoms with Crippen LogP contribution in [0.1, 0.15) is 12.0 Å². The van der Waals surface area contributed by atoms with Gasteiger partial charge in [0.05, 0.1) is 13.7 Å². The molecule has 0 spiro atoms. The highest BCUT2D eigenvalue weighted by atomic mass is 35.5. The van der Waals surface area contributed by atoms with Gasteiger partial charge < -0.3 is 20.1 Å². The van der Waals surface area contributed by atoms with E-state index in [0.29, 0.717) is 18.0 Å². The van der Waals surface area contributed by atoms with Crippen molar-refractivity contribution in [1.29, 1.82) is 0 Å². The van der Waals surface area contributed by atoms with Gasteiger partial charge in [0.2, 0.25) is 11.1 Å². The van der Waals surface area contributed by atoms with Gasteiger partial charge in [-0.3, -0.25) is 9.59 Å². The van der Waals surface area contributed by atoms with Gasteiger partial charge in [0.1, 0.15) is 18.1 Å². The number of anilines is 1. The molecule has 0 bridgehead atoms. The van der Waals surface area contributed by atoms with Crippen molar-refractivity contribution in [2.45, 2.75) is 13.0 Å². The molecule has 28 heavy (non-hydrogen) atoms. The maximum atomic E-state index is 12.6. The molecule has 0 aliphatic carbocycles. The first kappa shape index (κ1) is 21.5. The normalized spacial score (nSPS) is 10.7. The summed E-state index contributed by atoms with van der Waals surface area (Å²) in [5.74, 6) is 1.22. The molecule has 148 valence electrons. The minimum atomic E-state index is -0.551. The summed E-state index contributed by atoms with van der Waals surface area (Å²) in [6.45, 7) is 0.848. The highest BCUT2D eigenvalue weighted by molar-refractivity contribution is 6.66. The third-order valence-corrected chi connectivity index (χ3v) is 3.98. The zero-order valence-electron chi connectivity index (χ0n) is 15.6. The molecule has 0 atom stereocenters. The molecular formula is C21H23ClN2O4. The van der Waals surface area contributed by atoms with E-state index in [1.807, 2.05) is 42.5 Å². The van der Waals surface area contributed by atoms with E-state index in [2.05, 4.69) is 0 Å². The van der Waals surface area contributed by atoms with Crippen molar-refractivity contribution in [3.05, 3.63) is 66.2 Å². The van der Waals surface area contributed by atoms with Crippen LogP contribution in [0, 0.1) is 0 Å². The van der Waals surface area contributed by atoms with Crippen molar-refractivity contribution in [2.75, 3.05) is 25.2 Å². The molecule has 0 fully saturated rings. The van der Waals surface area contributed by atoms with Crippen LogP contribution in [0.5, 0.6) is 11.5 Å². The van der Waals surface area contributed by atoms with Crippen LogP contribution in [0.4, 0.5) is 5.69 Å². The summed E-state index contributed by atoms with van der Waals surface area (Å²) in [5.41, 5.74) is 7.20. The number of rotatable bonds is 10. The number of amides is 1. The van der Waals surface area contributed by atoms with Crippen LogP contribution in [0.2, 0.25) is 0 Å². The number of carbonyl (C=O) groups is 2. The fourth-order valence-corrected chi connectivity index (χ4v) is 2.65. The van der Waals surface area contributed by atoms with E-state index in [4.69, 9.17) is 26.8 Å². The second-order valence-corrected chi connectivity index (χ2v) is 6.26. The van der Waals surface area contributed by atoms with E-state index in [-0.39, 0.29) is 25.5 Å². The Morgan fingerprint density at radius 1 is 1.14 bits per heavy atom. The predicted octanol–water partition coefficient (Wildman–Crippen LogP) is 3.28. The largest absolute Gasteiger partial charge is 0.497 e. The smallest absolute Gasteiger partial charge is 0.244 e. The van der Waals surface area contributed by atoms with E-state index in [1.54, 1.807) is 18.1 Å². The Hall–Kier alpha value is -2.83. The van der Waals surface area contributed by atoms with Crippen LogP contribution >= 0.6 is 11.6 Å². The molecule has 0 unspecified atom stereocenters. The lowest BCUT2D eigenvalue weighted by atomic mass is 10.1. The molecule has 2 aromatic rings. The second-order valence-electron chi connectivity index (χ2n) is 5.88. The zero-order valence-corrected chi connectivity index (χ0v) is 16.4. The molecule has 2 rings (SSSR count). The van der Waals surface area contributed by atoms with Crippen LogP contribution in [-0.4, -0.2) is 31.4 Å². The first-order valence-corrected chi connectivity index (χ1v) is 9.13. The zero-order chi connectivity index (χ0) is 20.4. The van der Waals surface area contributed by atoms with Gasteiger partial charge in [-0.2, -0.15) is 0 Å². The van der Waals surface area contributed by atoms with Gasteiger partial charge in [-0.25, -0.2) is 0 Å². The average Bonchev–Trinajstić information content (AvgIpc) is 2.70. The molecule has 6 nitrogen and oxygen atoms in total. The molecule has 0 radical (unpaired) electrons. The summed E-state index contributed by atoms with van der Waals surface area (Å²) in [7, 11) is 1.58. The number of carbonyl (C=O) groups excluding carboxylic acids is 2. The number of ether oxygens (including phenoxy) is 2. The number of nitrogens with two attached hydrogens (primary N) is 1. The lowest BCUT2D eigenvalue weighted by Crippen LogP contribution is -2.31. The summed E-state index contributed by atoms with van der Waals surface area (Å²) in [4.78, 5) is 25.0. The fraction of sp³-hybridized carbons (Fsp3) is 0.238. The van der Waals surface area contributed by atoms with Gasteiger partial charge in [-0.15, -0.1) is 0 Å². The molecule has 0 aliphatic heterocycles. The van der Waals surface area contributed by atoms with Crippen LogP contribution < -0.4 is 20.1 Å². The molecule has 2 N–H and O–H groups in total. The van der Waals surface area contributed by atoms with E-state index < -0.39 is 5.24 Å². The number of benzene rings is 2. The van der Waals surface area contributed by atoms with E-state index >= 15 is 0 Å². The minimum absolute atomic E-state index is 0.0781. The summed E-state index contributed by atoms with van der Waals surface area (Å²) < 4.78 is 10.9. The number of nitrogens with zero attached hydrogens (tertiary/aromatic N) is 1. The Kier molecular flexibility index (Phi) is 8.52. The second kappa shape index (κ2) is 11.1. The monoisotopic (exact) mass is 402 g/mol. The van der Waals surface area contributed by atoms with Crippen LogP contribution in [0.15, 0.2) is 60.7 Å². The van der Waals surface area contributed by atoms with E-state index in [1.165, 1.54) is 12.2 Å². The molecule has 0 heterocycles. The van der Waals surface area contributed by atoms with Crippen molar-refractivity contribution in [3.63, 3.8) is 0 Å². The number of methoxy groups -OCH3 is 1. The Bertz CT molecular complexity index is 839. The standard InChI is InChI=1S/C21H23ClN2O4/c1-27-18-7-3-6-17(14-18)24(21(26)10-11-23)15-16-5-2-8-19(13-16)28-12-4-9-20(22)25/h2-9,13-14H,10-12,15,23H2,1H3/b9-4+. The van der Waals surface area contributed by atoms with Crippen molar-refractivity contribution in [3.8, 4) is 11.5 Å². The molecule has 0 aromatic heterocycles. The summed E-state index contributed by atoms with van der Waals surface area (Å²) in [6, 6.07) is 14.7. The SMILES string of the molecule is COc1cccc(N(Cc2cccc(OC/C=C/C(=O)Cl)c2)C(=O)CCN)c1. The minimum Gasteiger partial charge on any atom is -0.497 e. The first-order chi connectivity index (χ1) is 13.5. The van der Waals surface area contributed by atoms with Gasteiger partial charge in [0.25, 0.3) is 0 Å². The fourth-order valence-electron chi connectivity index (χ4n) is 2.56. The maximum absolute atomic E-state index is 12.6. The van der Waals surface area contributed by atoms with Gasteiger partial charge in [0.15, 0.2) is 0 Å². The van der Waals surface area contributed by atoms with Crippen molar-refractivity contribution in [1.82, 2.24) is 0 Å². The van der Waals surface area contributed by atoms with Crippen LogP contribution in [0.3, 0.4) is 0 Å². The maximum Gasteiger partial charge on any atom is 0.244 e.